The van der Waals surface area contributed by atoms with Gasteiger partial charge in [-0.1, -0.05) is 0 Å². The molecule has 0 bridgehead atoms. The van der Waals surface area contributed by atoms with Crippen LogP contribution in [-0.2, 0) is 0 Å². The molecule has 2 aromatic rings. The maximum Gasteiger partial charge on any atom is 0.263 e. The molecular formula is C12H14N2O2S. The number of aliphatic hydroxyl groups excluding tert-OH is 1. The third kappa shape index (κ3) is 2.75. The van der Waals surface area contributed by atoms with E-state index < -0.39 is 6.10 Å². The fourth-order valence-electron chi connectivity index (χ4n) is 1.49. The SMILES string of the molecule is C[C@@H](O)CNC(=O)c1sccc1-n1cccc1. The highest BCUT2D eigenvalue weighted by Crippen LogP contribution is 2.21. The molecule has 0 unspecified atom stereocenters. The summed E-state index contributed by atoms with van der Waals surface area (Å²) in [6.45, 7) is 1.91. The van der Waals surface area contributed by atoms with Crippen LogP contribution in [0, 0.1) is 0 Å². The van der Waals surface area contributed by atoms with Crippen LogP contribution < -0.4 is 5.32 Å². The zero-order valence-corrected chi connectivity index (χ0v) is 10.3. The maximum absolute atomic E-state index is 11.9. The first kappa shape index (κ1) is 11.9. The summed E-state index contributed by atoms with van der Waals surface area (Å²) in [7, 11) is 0. The van der Waals surface area contributed by atoms with Crippen molar-refractivity contribution in [2.45, 2.75) is 13.0 Å². The van der Waals surface area contributed by atoms with Gasteiger partial charge in [0.15, 0.2) is 0 Å². The maximum atomic E-state index is 11.9. The monoisotopic (exact) mass is 250 g/mol. The molecule has 1 amide bonds. The fourth-order valence-corrected chi connectivity index (χ4v) is 2.30. The largest absolute Gasteiger partial charge is 0.392 e. The number of rotatable bonds is 4. The van der Waals surface area contributed by atoms with E-state index in [0.717, 1.165) is 5.69 Å². The molecule has 2 heterocycles. The number of aliphatic hydroxyl groups is 1. The Kier molecular flexibility index (Phi) is 3.61. The standard InChI is InChI=1S/C12H14N2O2S/c1-9(15)8-13-12(16)11-10(4-7-17-11)14-5-2-3-6-14/h2-7,9,15H,8H2,1H3,(H,13,16)/t9-/m1/s1. The average Bonchev–Trinajstić information content (AvgIpc) is 2.94. The van der Waals surface area contributed by atoms with Crippen molar-refractivity contribution in [2.75, 3.05) is 6.54 Å². The Bertz CT molecular complexity index is 488. The first-order valence-electron chi connectivity index (χ1n) is 5.35. The predicted molar refractivity (Wildman–Crippen MR) is 67.7 cm³/mol. The highest BCUT2D eigenvalue weighted by Gasteiger charge is 2.14. The molecule has 0 saturated heterocycles. The van der Waals surface area contributed by atoms with Gasteiger partial charge in [-0.05, 0) is 30.5 Å². The second-order valence-electron chi connectivity index (χ2n) is 3.78. The third-order valence-corrected chi connectivity index (χ3v) is 3.19. The minimum atomic E-state index is -0.533. The van der Waals surface area contributed by atoms with Crippen LogP contribution in [0.5, 0.6) is 0 Å². The molecule has 2 aromatic heterocycles. The highest BCUT2D eigenvalue weighted by molar-refractivity contribution is 7.12. The second kappa shape index (κ2) is 5.16. The molecule has 2 N–H and O–H groups in total. The van der Waals surface area contributed by atoms with Gasteiger partial charge in [0.1, 0.15) is 4.88 Å². The molecule has 0 saturated carbocycles. The van der Waals surface area contributed by atoms with Gasteiger partial charge in [0.05, 0.1) is 11.8 Å². The van der Waals surface area contributed by atoms with Crippen LogP contribution in [0.25, 0.3) is 5.69 Å². The van der Waals surface area contributed by atoms with E-state index in [1.54, 1.807) is 6.92 Å². The first-order valence-corrected chi connectivity index (χ1v) is 6.23. The Hall–Kier alpha value is -1.59. The van der Waals surface area contributed by atoms with E-state index in [0.29, 0.717) is 4.88 Å². The van der Waals surface area contributed by atoms with Crippen molar-refractivity contribution in [3.8, 4) is 5.69 Å². The van der Waals surface area contributed by atoms with Crippen molar-refractivity contribution in [3.05, 3.63) is 40.8 Å². The average molecular weight is 250 g/mol. The van der Waals surface area contributed by atoms with Crippen molar-refractivity contribution < 1.29 is 9.90 Å². The lowest BCUT2D eigenvalue weighted by Crippen LogP contribution is -2.30. The van der Waals surface area contributed by atoms with E-state index in [4.69, 9.17) is 5.11 Å². The van der Waals surface area contributed by atoms with Crippen molar-refractivity contribution in [3.63, 3.8) is 0 Å². The molecule has 0 spiro atoms. The van der Waals surface area contributed by atoms with Crippen molar-refractivity contribution in [1.29, 1.82) is 0 Å². The Morgan fingerprint density at radius 1 is 1.53 bits per heavy atom. The lowest BCUT2D eigenvalue weighted by molar-refractivity contribution is 0.0928. The van der Waals surface area contributed by atoms with Crippen LogP contribution >= 0.6 is 11.3 Å². The number of nitrogens with one attached hydrogen (secondary N) is 1. The molecule has 0 aliphatic rings. The molecule has 1 atom stereocenters. The minimum absolute atomic E-state index is 0.149. The van der Waals surface area contributed by atoms with E-state index in [-0.39, 0.29) is 12.5 Å². The molecule has 90 valence electrons. The summed E-state index contributed by atoms with van der Waals surface area (Å²) in [4.78, 5) is 12.6. The quantitative estimate of drug-likeness (QED) is 0.867. The van der Waals surface area contributed by atoms with Crippen molar-refractivity contribution >= 4 is 17.2 Å². The van der Waals surface area contributed by atoms with Gasteiger partial charge in [-0.2, -0.15) is 0 Å². The van der Waals surface area contributed by atoms with Gasteiger partial charge in [0.25, 0.3) is 5.91 Å². The second-order valence-corrected chi connectivity index (χ2v) is 4.70. The Morgan fingerprint density at radius 3 is 2.88 bits per heavy atom. The number of carbonyl (C=O) groups excluding carboxylic acids is 1. The van der Waals surface area contributed by atoms with E-state index in [2.05, 4.69) is 5.32 Å². The fraction of sp³-hybridized carbons (Fsp3) is 0.250. The summed E-state index contributed by atoms with van der Waals surface area (Å²) in [5, 5.41) is 13.7. The van der Waals surface area contributed by atoms with Gasteiger partial charge in [-0.25, -0.2) is 0 Å². The summed E-state index contributed by atoms with van der Waals surface area (Å²) < 4.78 is 1.90. The molecule has 0 aromatic carbocycles. The topological polar surface area (TPSA) is 54.3 Å². The number of amides is 1. The van der Waals surface area contributed by atoms with E-state index in [9.17, 15) is 4.79 Å². The Labute approximate surface area is 104 Å². The van der Waals surface area contributed by atoms with Gasteiger partial charge < -0.3 is 15.0 Å². The summed E-state index contributed by atoms with van der Waals surface area (Å²) in [5.41, 5.74) is 0.864. The molecule has 5 heteroatoms. The molecule has 2 rings (SSSR count). The summed E-state index contributed by atoms with van der Waals surface area (Å²) >= 11 is 1.39. The zero-order chi connectivity index (χ0) is 12.3. The Morgan fingerprint density at radius 2 is 2.24 bits per heavy atom. The van der Waals surface area contributed by atoms with Crippen LogP contribution in [0.3, 0.4) is 0 Å². The van der Waals surface area contributed by atoms with Gasteiger partial charge in [0.2, 0.25) is 0 Å². The summed E-state index contributed by atoms with van der Waals surface area (Å²) in [6, 6.07) is 5.73. The first-order chi connectivity index (χ1) is 8.18. The molecule has 0 aliphatic heterocycles. The highest BCUT2D eigenvalue weighted by atomic mass is 32.1. The molecular weight excluding hydrogens is 236 g/mol. The number of hydrogen-bond acceptors (Lipinski definition) is 3. The molecule has 17 heavy (non-hydrogen) atoms. The number of carbonyl (C=O) groups is 1. The summed E-state index contributed by atoms with van der Waals surface area (Å²) in [5.74, 6) is -0.149. The van der Waals surface area contributed by atoms with Crippen molar-refractivity contribution in [2.24, 2.45) is 0 Å². The third-order valence-electron chi connectivity index (χ3n) is 2.29. The molecule has 4 nitrogen and oxygen atoms in total. The van der Waals surface area contributed by atoms with Gasteiger partial charge in [-0.3, -0.25) is 4.79 Å². The van der Waals surface area contributed by atoms with Crippen LogP contribution in [-0.4, -0.2) is 28.2 Å². The van der Waals surface area contributed by atoms with E-state index in [1.807, 2.05) is 40.5 Å². The molecule has 0 fully saturated rings. The van der Waals surface area contributed by atoms with E-state index >= 15 is 0 Å². The van der Waals surface area contributed by atoms with Crippen molar-refractivity contribution in [1.82, 2.24) is 9.88 Å². The number of nitrogens with zero attached hydrogens (tertiary/aromatic N) is 1. The lowest BCUT2D eigenvalue weighted by Gasteiger charge is -2.08. The minimum Gasteiger partial charge on any atom is -0.392 e. The number of thiophene rings is 1. The smallest absolute Gasteiger partial charge is 0.263 e. The summed E-state index contributed by atoms with van der Waals surface area (Å²) in [6.07, 6.45) is 3.26. The van der Waals surface area contributed by atoms with Crippen LogP contribution in [0.1, 0.15) is 16.6 Å². The zero-order valence-electron chi connectivity index (χ0n) is 9.46. The van der Waals surface area contributed by atoms with Gasteiger partial charge >= 0.3 is 0 Å². The normalized spacial score (nSPS) is 12.4. The number of aromatic nitrogens is 1. The lowest BCUT2D eigenvalue weighted by atomic mass is 10.3. The van der Waals surface area contributed by atoms with E-state index in [1.165, 1.54) is 11.3 Å². The molecule has 0 radical (unpaired) electrons. The number of hydrogen-bond donors (Lipinski definition) is 2. The van der Waals surface area contributed by atoms with Gasteiger partial charge in [-0.15, -0.1) is 11.3 Å². The Balaban J connectivity index is 2.17. The molecule has 0 aliphatic carbocycles. The van der Waals surface area contributed by atoms with Crippen LogP contribution in [0.15, 0.2) is 36.0 Å². The van der Waals surface area contributed by atoms with Crippen LogP contribution in [0.4, 0.5) is 0 Å². The van der Waals surface area contributed by atoms with Crippen LogP contribution in [0.2, 0.25) is 0 Å². The predicted octanol–water partition coefficient (Wildman–Crippen LogP) is 1.65. The van der Waals surface area contributed by atoms with Gasteiger partial charge in [0, 0.05) is 18.9 Å².